The summed E-state index contributed by atoms with van der Waals surface area (Å²) < 4.78 is 0. The van der Waals surface area contributed by atoms with Crippen molar-refractivity contribution >= 4 is 5.91 Å². The number of nitrogens with two attached hydrogens (primary N) is 1. The van der Waals surface area contributed by atoms with Gasteiger partial charge in [0.25, 0.3) is 0 Å². The summed E-state index contributed by atoms with van der Waals surface area (Å²) in [7, 11) is 0. The predicted octanol–water partition coefficient (Wildman–Crippen LogP) is 2.32. The van der Waals surface area contributed by atoms with Crippen LogP contribution in [0.1, 0.15) is 47.0 Å². The molecule has 0 aromatic rings. The van der Waals surface area contributed by atoms with Gasteiger partial charge in [-0.25, -0.2) is 0 Å². The van der Waals surface area contributed by atoms with Crippen LogP contribution in [0, 0.1) is 5.92 Å². The Morgan fingerprint density at radius 2 is 1.64 bits per heavy atom. The minimum atomic E-state index is -0.213. The number of hydrogen-bond donors (Lipinski definition) is 1. The zero-order valence-corrected chi connectivity index (χ0v) is 8.18. The standard InChI is InChI=1S/C5H11NO.C4H10/c1-4(2)3-5(6)7;1-3-4-2/h4H,3H2,1-2H3,(H2,6,7);3-4H2,1-2H3. The summed E-state index contributed by atoms with van der Waals surface area (Å²) in [5.74, 6) is 0.188. The van der Waals surface area contributed by atoms with Crippen LogP contribution in [-0.2, 0) is 4.79 Å². The number of rotatable bonds is 3. The van der Waals surface area contributed by atoms with Crippen molar-refractivity contribution in [2.45, 2.75) is 47.0 Å². The van der Waals surface area contributed by atoms with Crippen molar-refractivity contribution in [2.75, 3.05) is 0 Å². The summed E-state index contributed by atoms with van der Waals surface area (Å²) in [5.41, 5.74) is 4.85. The lowest BCUT2D eigenvalue weighted by Gasteiger charge is -1.95. The highest BCUT2D eigenvalue weighted by Gasteiger charge is 1.96. The fraction of sp³-hybridized carbons (Fsp3) is 0.889. The number of hydrogen-bond acceptors (Lipinski definition) is 1. The molecule has 0 rings (SSSR count). The molecule has 0 heterocycles. The van der Waals surface area contributed by atoms with Gasteiger partial charge in [0.15, 0.2) is 0 Å². The van der Waals surface area contributed by atoms with E-state index in [1.54, 1.807) is 0 Å². The van der Waals surface area contributed by atoms with E-state index in [9.17, 15) is 4.79 Å². The molecule has 0 aliphatic rings. The molecule has 2 heteroatoms. The first-order chi connectivity index (χ1) is 5.04. The minimum Gasteiger partial charge on any atom is -0.370 e. The molecule has 0 aliphatic carbocycles. The van der Waals surface area contributed by atoms with E-state index >= 15 is 0 Å². The van der Waals surface area contributed by atoms with Gasteiger partial charge in [0.1, 0.15) is 0 Å². The summed E-state index contributed by atoms with van der Waals surface area (Å²) in [6.45, 7) is 8.29. The highest BCUT2D eigenvalue weighted by molar-refractivity contribution is 5.73. The van der Waals surface area contributed by atoms with Crippen molar-refractivity contribution in [3.63, 3.8) is 0 Å². The van der Waals surface area contributed by atoms with E-state index in [1.165, 1.54) is 12.8 Å². The molecule has 68 valence electrons. The molecule has 0 aromatic heterocycles. The van der Waals surface area contributed by atoms with Crippen LogP contribution in [-0.4, -0.2) is 5.91 Å². The molecule has 0 saturated heterocycles. The fourth-order valence-corrected chi connectivity index (χ4v) is 0.402. The quantitative estimate of drug-likeness (QED) is 0.674. The summed E-state index contributed by atoms with van der Waals surface area (Å²) >= 11 is 0. The monoisotopic (exact) mass is 159 g/mol. The minimum absolute atomic E-state index is 0.213. The van der Waals surface area contributed by atoms with Crippen LogP contribution in [0.25, 0.3) is 0 Å². The Kier molecular flexibility index (Phi) is 11.3. The van der Waals surface area contributed by atoms with E-state index in [0.29, 0.717) is 12.3 Å². The molecular formula is C9H21NO. The van der Waals surface area contributed by atoms with Gasteiger partial charge < -0.3 is 5.73 Å². The average molecular weight is 159 g/mol. The molecule has 0 saturated carbocycles. The summed E-state index contributed by atoms with van der Waals surface area (Å²) in [5, 5.41) is 0. The Balaban J connectivity index is 0. The molecular weight excluding hydrogens is 138 g/mol. The van der Waals surface area contributed by atoms with Crippen molar-refractivity contribution in [1.82, 2.24) is 0 Å². The summed E-state index contributed by atoms with van der Waals surface area (Å²) in [4.78, 5) is 10.0. The van der Waals surface area contributed by atoms with E-state index in [4.69, 9.17) is 5.73 Å². The van der Waals surface area contributed by atoms with Crippen molar-refractivity contribution in [3.8, 4) is 0 Å². The Morgan fingerprint density at radius 3 is 1.64 bits per heavy atom. The Bertz CT molecular complexity index is 87.6. The molecule has 1 amide bonds. The number of carbonyl (C=O) groups is 1. The van der Waals surface area contributed by atoms with Gasteiger partial charge in [0.2, 0.25) is 5.91 Å². The van der Waals surface area contributed by atoms with Gasteiger partial charge in [0.05, 0.1) is 0 Å². The summed E-state index contributed by atoms with van der Waals surface area (Å²) in [6, 6.07) is 0. The van der Waals surface area contributed by atoms with Crippen LogP contribution in [0.15, 0.2) is 0 Å². The van der Waals surface area contributed by atoms with Crippen LogP contribution in [0.3, 0.4) is 0 Å². The maximum Gasteiger partial charge on any atom is 0.217 e. The van der Waals surface area contributed by atoms with Crippen molar-refractivity contribution in [3.05, 3.63) is 0 Å². The number of primary amides is 1. The van der Waals surface area contributed by atoms with Crippen LogP contribution in [0.5, 0.6) is 0 Å². The lowest BCUT2D eigenvalue weighted by molar-refractivity contribution is -0.118. The number of carbonyl (C=O) groups excluding carboxylic acids is 1. The topological polar surface area (TPSA) is 43.1 Å². The first-order valence-corrected chi connectivity index (χ1v) is 4.32. The van der Waals surface area contributed by atoms with Gasteiger partial charge in [-0.3, -0.25) is 4.79 Å². The molecule has 0 aromatic carbocycles. The molecule has 0 spiro atoms. The second kappa shape index (κ2) is 9.47. The molecule has 2 N–H and O–H groups in total. The van der Waals surface area contributed by atoms with E-state index in [1.807, 2.05) is 13.8 Å². The normalized spacial score (nSPS) is 8.82. The largest absolute Gasteiger partial charge is 0.370 e. The molecule has 11 heavy (non-hydrogen) atoms. The first-order valence-electron chi connectivity index (χ1n) is 4.32. The SMILES string of the molecule is CC(C)CC(N)=O.CCCC. The molecule has 0 aliphatic heterocycles. The van der Waals surface area contributed by atoms with Crippen LogP contribution in [0.4, 0.5) is 0 Å². The van der Waals surface area contributed by atoms with E-state index < -0.39 is 0 Å². The first kappa shape index (κ1) is 13.1. The van der Waals surface area contributed by atoms with E-state index in [2.05, 4.69) is 13.8 Å². The molecule has 0 unspecified atom stereocenters. The second-order valence-corrected chi connectivity index (χ2v) is 3.06. The molecule has 0 atom stereocenters. The third-order valence-electron chi connectivity index (χ3n) is 1.11. The fourth-order valence-electron chi connectivity index (χ4n) is 0.402. The maximum atomic E-state index is 10.0. The van der Waals surface area contributed by atoms with E-state index in [0.717, 1.165) is 0 Å². The smallest absolute Gasteiger partial charge is 0.217 e. The van der Waals surface area contributed by atoms with Gasteiger partial charge >= 0.3 is 0 Å². The number of unbranched alkanes of at least 4 members (excludes halogenated alkanes) is 1. The van der Waals surface area contributed by atoms with Crippen LogP contribution in [0.2, 0.25) is 0 Å². The van der Waals surface area contributed by atoms with Gasteiger partial charge in [-0.05, 0) is 5.92 Å². The van der Waals surface area contributed by atoms with Gasteiger partial charge in [-0.2, -0.15) is 0 Å². The number of amides is 1. The van der Waals surface area contributed by atoms with E-state index in [-0.39, 0.29) is 5.91 Å². The van der Waals surface area contributed by atoms with Crippen molar-refractivity contribution < 1.29 is 4.79 Å². The summed E-state index contributed by atoms with van der Waals surface area (Å²) in [6.07, 6.45) is 3.14. The van der Waals surface area contributed by atoms with Gasteiger partial charge in [0, 0.05) is 6.42 Å². The average Bonchev–Trinajstić information content (AvgIpc) is 1.85. The van der Waals surface area contributed by atoms with Gasteiger partial charge in [-0.15, -0.1) is 0 Å². The Labute approximate surface area is 70.2 Å². The lowest BCUT2D eigenvalue weighted by Crippen LogP contribution is -2.12. The third kappa shape index (κ3) is 26.4. The molecule has 0 radical (unpaired) electrons. The zero-order chi connectivity index (χ0) is 9.28. The molecule has 0 fully saturated rings. The van der Waals surface area contributed by atoms with Crippen LogP contribution >= 0.6 is 0 Å². The predicted molar refractivity (Wildman–Crippen MR) is 49.2 cm³/mol. The Hall–Kier alpha value is -0.530. The van der Waals surface area contributed by atoms with Crippen molar-refractivity contribution in [2.24, 2.45) is 11.7 Å². The lowest BCUT2D eigenvalue weighted by atomic mass is 10.1. The zero-order valence-electron chi connectivity index (χ0n) is 8.18. The molecule has 2 nitrogen and oxygen atoms in total. The molecule has 0 bridgehead atoms. The Morgan fingerprint density at radius 1 is 1.27 bits per heavy atom. The maximum absolute atomic E-state index is 10.0. The third-order valence-corrected chi connectivity index (χ3v) is 1.11. The van der Waals surface area contributed by atoms with Crippen LogP contribution < -0.4 is 5.73 Å². The second-order valence-electron chi connectivity index (χ2n) is 3.06. The highest BCUT2D eigenvalue weighted by atomic mass is 16.1. The van der Waals surface area contributed by atoms with Crippen molar-refractivity contribution in [1.29, 1.82) is 0 Å². The van der Waals surface area contributed by atoms with Gasteiger partial charge in [-0.1, -0.05) is 40.5 Å². The highest BCUT2D eigenvalue weighted by Crippen LogP contribution is 1.95.